The van der Waals surface area contributed by atoms with Crippen LogP contribution in [-0.4, -0.2) is 31.9 Å². The summed E-state index contributed by atoms with van der Waals surface area (Å²) in [6, 6.07) is 0. The fourth-order valence-electron chi connectivity index (χ4n) is 0.949. The van der Waals surface area contributed by atoms with Crippen LogP contribution in [0.1, 0.15) is 34.1 Å². The first kappa shape index (κ1) is 14.2. The number of carbonyl (C=O) groups excluding carboxylic acids is 1. The number of hydrogen-bond donors (Lipinski definition) is 0. The van der Waals surface area contributed by atoms with Gasteiger partial charge in [-0.05, 0) is 20.3 Å². The van der Waals surface area contributed by atoms with Gasteiger partial charge in [0.15, 0.2) is 0 Å². The van der Waals surface area contributed by atoms with E-state index in [2.05, 4.69) is 4.74 Å². The fourth-order valence-corrected chi connectivity index (χ4v) is 0.949. The van der Waals surface area contributed by atoms with Gasteiger partial charge in [-0.25, -0.2) is 4.79 Å². The predicted molar refractivity (Wildman–Crippen MR) is 54.4 cm³/mol. The molecule has 0 aromatic heterocycles. The minimum atomic E-state index is -1.35. The molecule has 0 N–H and O–H groups in total. The quantitative estimate of drug-likeness (QED) is 0.486. The Morgan fingerprint density at radius 1 is 1.13 bits per heavy atom. The Balaban J connectivity index is 4.16. The summed E-state index contributed by atoms with van der Waals surface area (Å²) in [5, 5.41) is 0. The average Bonchev–Trinajstić information content (AvgIpc) is 2.15. The predicted octanol–water partition coefficient (Wildman–Crippen LogP) is 2.30. The summed E-state index contributed by atoms with van der Waals surface area (Å²) >= 11 is 0. The van der Waals surface area contributed by atoms with Crippen LogP contribution in [0.5, 0.6) is 0 Å². The third kappa shape index (κ3) is 6.30. The molecule has 0 rings (SSSR count). The van der Waals surface area contributed by atoms with E-state index in [-0.39, 0.29) is 6.61 Å². The van der Waals surface area contributed by atoms with E-state index in [0.29, 0.717) is 13.2 Å². The van der Waals surface area contributed by atoms with Crippen LogP contribution < -0.4 is 0 Å². The lowest BCUT2D eigenvalue weighted by atomic mass is 10.5. The zero-order valence-corrected chi connectivity index (χ0v) is 9.87. The highest BCUT2D eigenvalue weighted by Gasteiger charge is 2.31. The van der Waals surface area contributed by atoms with Gasteiger partial charge < -0.3 is 18.9 Å². The maximum absolute atomic E-state index is 11.1. The molecule has 0 radical (unpaired) electrons. The first-order valence-electron chi connectivity index (χ1n) is 5.21. The van der Waals surface area contributed by atoms with E-state index in [0.717, 1.165) is 6.42 Å². The highest BCUT2D eigenvalue weighted by atomic mass is 16.9. The highest BCUT2D eigenvalue weighted by molar-refractivity contribution is 5.60. The van der Waals surface area contributed by atoms with Crippen LogP contribution in [0.25, 0.3) is 0 Å². The summed E-state index contributed by atoms with van der Waals surface area (Å²) < 4.78 is 20.1. The molecular formula is C10H20O5. The van der Waals surface area contributed by atoms with E-state index < -0.39 is 12.1 Å². The van der Waals surface area contributed by atoms with Crippen molar-refractivity contribution in [2.45, 2.75) is 40.1 Å². The van der Waals surface area contributed by atoms with E-state index in [1.807, 2.05) is 6.92 Å². The summed E-state index contributed by atoms with van der Waals surface area (Å²) in [4.78, 5) is 11.1. The first-order chi connectivity index (χ1) is 7.08. The monoisotopic (exact) mass is 220 g/mol. The molecule has 0 aliphatic heterocycles. The Kier molecular flexibility index (Phi) is 7.07. The Bertz CT molecular complexity index is 183. The highest BCUT2D eigenvalue weighted by Crippen LogP contribution is 2.15. The standard InChI is InChI=1S/C10H20O5/c1-5-8-14-10(4,13-7-3)15-9(11)12-6-2/h5-8H2,1-4H3. The number of ether oxygens (including phenoxy) is 4. The van der Waals surface area contributed by atoms with Gasteiger partial charge in [0.25, 0.3) is 0 Å². The second-order valence-corrected chi connectivity index (χ2v) is 2.93. The molecule has 0 spiro atoms. The first-order valence-corrected chi connectivity index (χ1v) is 5.21. The lowest BCUT2D eigenvalue weighted by Gasteiger charge is -2.27. The molecule has 0 aromatic carbocycles. The van der Waals surface area contributed by atoms with E-state index in [1.165, 1.54) is 0 Å². The normalized spacial score (nSPS) is 14.4. The van der Waals surface area contributed by atoms with Gasteiger partial charge in [0.2, 0.25) is 0 Å². The van der Waals surface area contributed by atoms with Crippen molar-refractivity contribution >= 4 is 6.16 Å². The van der Waals surface area contributed by atoms with Crippen LogP contribution >= 0.6 is 0 Å². The second-order valence-electron chi connectivity index (χ2n) is 2.93. The SMILES string of the molecule is CCCOC(C)(OCC)OC(=O)OCC. The minimum absolute atomic E-state index is 0.259. The van der Waals surface area contributed by atoms with E-state index >= 15 is 0 Å². The van der Waals surface area contributed by atoms with Crippen LogP contribution in [0.15, 0.2) is 0 Å². The topological polar surface area (TPSA) is 54.0 Å². The summed E-state index contributed by atoms with van der Waals surface area (Å²) in [6.07, 6.45) is 0.0269. The Labute approximate surface area is 90.6 Å². The van der Waals surface area contributed by atoms with E-state index in [4.69, 9.17) is 14.2 Å². The lowest BCUT2D eigenvalue weighted by Crippen LogP contribution is -2.38. The zero-order valence-electron chi connectivity index (χ0n) is 9.87. The molecule has 0 aromatic rings. The number of rotatable bonds is 7. The van der Waals surface area contributed by atoms with Gasteiger partial charge in [0.05, 0.1) is 19.8 Å². The third-order valence-corrected chi connectivity index (χ3v) is 1.51. The maximum Gasteiger partial charge on any atom is 0.512 e. The molecule has 0 fully saturated rings. The van der Waals surface area contributed by atoms with E-state index in [1.54, 1.807) is 20.8 Å². The molecular weight excluding hydrogens is 200 g/mol. The van der Waals surface area contributed by atoms with Crippen molar-refractivity contribution in [3.05, 3.63) is 0 Å². The van der Waals surface area contributed by atoms with E-state index in [9.17, 15) is 4.79 Å². The van der Waals surface area contributed by atoms with Crippen molar-refractivity contribution in [3.8, 4) is 0 Å². The maximum atomic E-state index is 11.1. The van der Waals surface area contributed by atoms with Gasteiger partial charge in [-0.15, -0.1) is 0 Å². The van der Waals surface area contributed by atoms with Gasteiger partial charge in [0, 0.05) is 6.92 Å². The van der Waals surface area contributed by atoms with Gasteiger partial charge in [-0.3, -0.25) is 0 Å². The molecule has 5 heteroatoms. The largest absolute Gasteiger partial charge is 0.512 e. The molecule has 1 atom stereocenters. The summed E-state index contributed by atoms with van der Waals surface area (Å²) in [5.74, 6) is -1.35. The molecule has 0 saturated carbocycles. The van der Waals surface area contributed by atoms with Crippen molar-refractivity contribution < 1.29 is 23.7 Å². The summed E-state index contributed by atoms with van der Waals surface area (Å²) in [7, 11) is 0. The Morgan fingerprint density at radius 3 is 2.27 bits per heavy atom. The smallest absolute Gasteiger partial charge is 0.434 e. The lowest BCUT2D eigenvalue weighted by molar-refractivity contribution is -0.348. The Hall–Kier alpha value is -0.810. The van der Waals surface area contributed by atoms with Gasteiger partial charge >= 0.3 is 12.1 Å². The van der Waals surface area contributed by atoms with Crippen molar-refractivity contribution in [2.75, 3.05) is 19.8 Å². The van der Waals surface area contributed by atoms with Gasteiger partial charge in [-0.2, -0.15) is 0 Å². The molecule has 0 amide bonds. The van der Waals surface area contributed by atoms with Gasteiger partial charge in [-0.1, -0.05) is 6.92 Å². The van der Waals surface area contributed by atoms with Crippen LogP contribution in [0.4, 0.5) is 4.79 Å². The number of carbonyl (C=O) groups is 1. The van der Waals surface area contributed by atoms with Crippen LogP contribution in [0.2, 0.25) is 0 Å². The molecule has 15 heavy (non-hydrogen) atoms. The zero-order chi connectivity index (χ0) is 11.7. The molecule has 1 unspecified atom stereocenters. The molecule has 5 nitrogen and oxygen atoms in total. The van der Waals surface area contributed by atoms with Crippen molar-refractivity contribution in [2.24, 2.45) is 0 Å². The average molecular weight is 220 g/mol. The van der Waals surface area contributed by atoms with Crippen molar-refractivity contribution in [1.82, 2.24) is 0 Å². The molecule has 0 aliphatic carbocycles. The Morgan fingerprint density at radius 2 is 1.80 bits per heavy atom. The summed E-state index contributed by atoms with van der Waals surface area (Å²) in [5.41, 5.74) is 0. The van der Waals surface area contributed by atoms with Crippen molar-refractivity contribution in [1.29, 1.82) is 0 Å². The number of hydrogen-bond acceptors (Lipinski definition) is 5. The van der Waals surface area contributed by atoms with Crippen LogP contribution in [0.3, 0.4) is 0 Å². The van der Waals surface area contributed by atoms with Crippen LogP contribution in [-0.2, 0) is 18.9 Å². The molecule has 0 bridgehead atoms. The molecule has 0 aliphatic rings. The minimum Gasteiger partial charge on any atom is -0.434 e. The third-order valence-electron chi connectivity index (χ3n) is 1.51. The molecule has 0 heterocycles. The van der Waals surface area contributed by atoms with Crippen molar-refractivity contribution in [3.63, 3.8) is 0 Å². The van der Waals surface area contributed by atoms with Gasteiger partial charge in [0.1, 0.15) is 0 Å². The fraction of sp³-hybridized carbons (Fsp3) is 0.900. The molecule has 90 valence electrons. The summed E-state index contributed by atoms with van der Waals surface area (Å²) in [6.45, 7) is 8.10. The second kappa shape index (κ2) is 7.48. The van der Waals surface area contributed by atoms with Crippen LogP contribution in [0, 0.1) is 0 Å². The molecule has 0 saturated heterocycles.